The third kappa shape index (κ3) is 3.06. The third-order valence-electron chi connectivity index (χ3n) is 3.43. The maximum Gasteiger partial charge on any atom is 0.370 e. The Morgan fingerprint density at radius 3 is 2.70 bits per heavy atom. The van der Waals surface area contributed by atoms with Gasteiger partial charge in [0.15, 0.2) is 5.56 Å². The predicted octanol–water partition coefficient (Wildman–Crippen LogP) is 1.97. The number of carbonyl (C=O) groups is 1. The number of benzene rings is 1. The van der Waals surface area contributed by atoms with Gasteiger partial charge < -0.3 is 9.84 Å². The minimum absolute atomic E-state index is 0.00240. The number of aromatic nitrogens is 2. The van der Waals surface area contributed by atoms with Crippen LogP contribution >= 0.6 is 0 Å². The second-order valence-electron chi connectivity index (χ2n) is 5.01. The number of nitrogens with one attached hydrogen (secondary N) is 1. The quantitative estimate of drug-likeness (QED) is 0.799. The third-order valence-corrected chi connectivity index (χ3v) is 3.43. The molecule has 0 spiro atoms. The molecule has 0 aliphatic heterocycles. The molecule has 0 atom stereocenters. The molecule has 23 heavy (non-hydrogen) atoms. The van der Waals surface area contributed by atoms with Gasteiger partial charge in [0, 0.05) is 31.5 Å². The van der Waals surface area contributed by atoms with Crippen LogP contribution < -0.4 is 10.9 Å². The van der Waals surface area contributed by atoms with Crippen molar-refractivity contribution in [2.24, 2.45) is 7.05 Å². The Morgan fingerprint density at radius 2 is 2.00 bits per heavy atom. The molecular weight excluding hydrogens is 294 g/mol. The van der Waals surface area contributed by atoms with Crippen LogP contribution in [0.2, 0.25) is 0 Å². The highest BCUT2D eigenvalue weighted by atomic mass is 16.5. The summed E-state index contributed by atoms with van der Waals surface area (Å²) in [5.41, 5.74) is 1.40. The van der Waals surface area contributed by atoms with Crippen molar-refractivity contribution >= 4 is 5.91 Å². The van der Waals surface area contributed by atoms with E-state index < -0.39 is 11.5 Å². The van der Waals surface area contributed by atoms with Gasteiger partial charge >= 0.3 is 5.63 Å². The molecule has 0 fully saturated rings. The van der Waals surface area contributed by atoms with Crippen LogP contribution in [0.15, 0.2) is 64.2 Å². The standard InChI is InChI=1S/C17H15N3O3/c1-20-15(13-7-3-2-4-8-13)14(17(22)23-20)16(21)19-11-12-6-5-9-18-10-12/h2-10H,11H2,1H3,(H,19,21). The zero-order valence-corrected chi connectivity index (χ0v) is 12.5. The summed E-state index contributed by atoms with van der Waals surface area (Å²) < 4.78 is 6.38. The number of carbonyl (C=O) groups excluding carboxylic acids is 1. The van der Waals surface area contributed by atoms with Crippen LogP contribution in [0.5, 0.6) is 0 Å². The Bertz CT molecular complexity index is 867. The molecule has 0 radical (unpaired) electrons. The summed E-state index contributed by atoms with van der Waals surface area (Å²) in [6, 6.07) is 12.8. The second kappa shape index (κ2) is 6.31. The SMILES string of the molecule is Cn1oc(=O)c(C(=O)NCc2cccnc2)c1-c1ccccc1. The van der Waals surface area contributed by atoms with E-state index in [9.17, 15) is 9.59 Å². The largest absolute Gasteiger partial charge is 0.370 e. The highest BCUT2D eigenvalue weighted by Gasteiger charge is 2.23. The van der Waals surface area contributed by atoms with Crippen molar-refractivity contribution in [3.8, 4) is 11.3 Å². The van der Waals surface area contributed by atoms with Crippen molar-refractivity contribution in [3.63, 3.8) is 0 Å². The maximum atomic E-state index is 12.4. The summed E-state index contributed by atoms with van der Waals surface area (Å²) >= 11 is 0. The lowest BCUT2D eigenvalue weighted by Crippen LogP contribution is -2.27. The molecule has 2 aromatic heterocycles. The number of rotatable bonds is 4. The van der Waals surface area contributed by atoms with Gasteiger partial charge in [-0.15, -0.1) is 0 Å². The lowest BCUT2D eigenvalue weighted by Gasteiger charge is -2.06. The predicted molar refractivity (Wildman–Crippen MR) is 84.8 cm³/mol. The van der Waals surface area contributed by atoms with Gasteiger partial charge in [-0.05, 0) is 11.6 Å². The van der Waals surface area contributed by atoms with Crippen molar-refractivity contribution < 1.29 is 9.32 Å². The van der Waals surface area contributed by atoms with Gasteiger partial charge in [0.05, 0.1) is 0 Å². The van der Waals surface area contributed by atoms with E-state index in [-0.39, 0.29) is 12.1 Å². The Kier molecular flexibility index (Phi) is 4.05. The molecule has 3 rings (SSSR count). The topological polar surface area (TPSA) is 77.1 Å². The molecule has 0 aliphatic rings. The minimum atomic E-state index is -0.657. The number of pyridine rings is 1. The zero-order valence-electron chi connectivity index (χ0n) is 12.5. The molecule has 0 saturated heterocycles. The molecule has 3 aromatic rings. The Balaban J connectivity index is 1.90. The summed E-state index contributed by atoms with van der Waals surface area (Å²) in [5.74, 6) is -0.470. The fourth-order valence-corrected chi connectivity index (χ4v) is 2.37. The van der Waals surface area contributed by atoms with Crippen molar-refractivity contribution in [2.45, 2.75) is 6.54 Å². The van der Waals surface area contributed by atoms with Crippen molar-refractivity contribution in [1.82, 2.24) is 15.0 Å². The van der Waals surface area contributed by atoms with Crippen LogP contribution in [0.4, 0.5) is 0 Å². The molecule has 6 nitrogen and oxygen atoms in total. The highest BCUT2D eigenvalue weighted by Crippen LogP contribution is 2.21. The first-order chi connectivity index (χ1) is 11.2. The van der Waals surface area contributed by atoms with E-state index in [0.29, 0.717) is 5.69 Å². The number of aryl methyl sites for hydroxylation is 1. The molecule has 1 N–H and O–H groups in total. The van der Waals surface area contributed by atoms with Gasteiger partial charge in [0.25, 0.3) is 5.91 Å². The smallest absolute Gasteiger partial charge is 0.348 e. The number of hydrogen-bond acceptors (Lipinski definition) is 4. The highest BCUT2D eigenvalue weighted by molar-refractivity contribution is 5.99. The van der Waals surface area contributed by atoms with Crippen LogP contribution in [-0.4, -0.2) is 15.6 Å². The fraction of sp³-hybridized carbons (Fsp3) is 0.118. The average Bonchev–Trinajstić information content (AvgIpc) is 2.88. The zero-order chi connectivity index (χ0) is 16.2. The molecule has 0 saturated carbocycles. The average molecular weight is 309 g/mol. The van der Waals surface area contributed by atoms with E-state index in [1.54, 1.807) is 25.5 Å². The molecule has 0 aliphatic carbocycles. The van der Waals surface area contributed by atoms with E-state index in [1.165, 1.54) is 4.74 Å². The van der Waals surface area contributed by atoms with E-state index in [1.807, 2.05) is 36.4 Å². The monoisotopic (exact) mass is 309 g/mol. The first kappa shape index (κ1) is 14.8. The first-order valence-electron chi connectivity index (χ1n) is 7.09. The molecule has 1 amide bonds. The molecule has 0 unspecified atom stereocenters. The maximum absolute atomic E-state index is 12.4. The summed E-state index contributed by atoms with van der Waals surface area (Å²) in [6.45, 7) is 0.287. The second-order valence-corrected chi connectivity index (χ2v) is 5.01. The molecule has 0 bridgehead atoms. The van der Waals surface area contributed by atoms with Crippen molar-refractivity contribution in [3.05, 3.63) is 76.4 Å². The van der Waals surface area contributed by atoms with Crippen molar-refractivity contribution in [2.75, 3.05) is 0 Å². The summed E-state index contributed by atoms with van der Waals surface area (Å²) in [6.07, 6.45) is 3.32. The van der Waals surface area contributed by atoms with Gasteiger partial charge in [0.1, 0.15) is 5.69 Å². The lowest BCUT2D eigenvalue weighted by atomic mass is 10.1. The lowest BCUT2D eigenvalue weighted by molar-refractivity contribution is 0.0949. The van der Waals surface area contributed by atoms with Gasteiger partial charge in [0.2, 0.25) is 0 Å². The van der Waals surface area contributed by atoms with Crippen LogP contribution in [-0.2, 0) is 13.6 Å². The van der Waals surface area contributed by atoms with E-state index >= 15 is 0 Å². The van der Waals surface area contributed by atoms with Gasteiger partial charge in [-0.25, -0.2) is 9.53 Å². The molecule has 116 valence electrons. The summed E-state index contributed by atoms with van der Waals surface area (Å²) in [4.78, 5) is 28.5. The molecule has 1 aromatic carbocycles. The van der Waals surface area contributed by atoms with Crippen LogP contribution in [0.1, 0.15) is 15.9 Å². The Hall–Kier alpha value is -3.15. The number of hydrogen-bond donors (Lipinski definition) is 1. The summed E-state index contributed by atoms with van der Waals surface area (Å²) in [5, 5.41) is 2.73. The fourth-order valence-electron chi connectivity index (χ4n) is 2.37. The van der Waals surface area contributed by atoms with Crippen LogP contribution in [0, 0.1) is 0 Å². The normalized spacial score (nSPS) is 10.5. The first-order valence-corrected chi connectivity index (χ1v) is 7.09. The van der Waals surface area contributed by atoms with Gasteiger partial charge in [-0.3, -0.25) is 9.78 Å². The van der Waals surface area contributed by atoms with Crippen molar-refractivity contribution in [1.29, 1.82) is 0 Å². The van der Waals surface area contributed by atoms with E-state index in [0.717, 1.165) is 11.1 Å². The Labute approximate surface area is 132 Å². The number of amides is 1. The van der Waals surface area contributed by atoms with Crippen LogP contribution in [0.3, 0.4) is 0 Å². The summed E-state index contributed by atoms with van der Waals surface area (Å²) in [7, 11) is 1.60. The molecule has 6 heteroatoms. The molecule has 2 heterocycles. The minimum Gasteiger partial charge on any atom is -0.348 e. The number of nitrogens with zero attached hydrogens (tertiary/aromatic N) is 2. The van der Waals surface area contributed by atoms with E-state index in [4.69, 9.17) is 4.52 Å². The van der Waals surface area contributed by atoms with E-state index in [2.05, 4.69) is 10.3 Å². The molecular formula is C17H15N3O3. The Morgan fingerprint density at radius 1 is 1.22 bits per heavy atom. The van der Waals surface area contributed by atoms with Crippen LogP contribution in [0.25, 0.3) is 11.3 Å². The van der Waals surface area contributed by atoms with Gasteiger partial charge in [-0.2, -0.15) is 0 Å². The van der Waals surface area contributed by atoms with Gasteiger partial charge in [-0.1, -0.05) is 36.4 Å².